The number of nitrogens with zero attached hydrogens (tertiary/aromatic N) is 4. The molecule has 2 heterocycles. The van der Waals surface area contributed by atoms with Crippen molar-refractivity contribution in [2.45, 2.75) is 0 Å². The van der Waals surface area contributed by atoms with Gasteiger partial charge >= 0.3 is 16.5 Å². The maximum atomic E-state index is 11.2. The van der Waals surface area contributed by atoms with E-state index in [4.69, 9.17) is 9.47 Å². The molecule has 0 saturated carbocycles. The number of hydrogen-bond acceptors (Lipinski definition) is 8. The summed E-state index contributed by atoms with van der Waals surface area (Å²) in [5.41, 5.74) is 0.623. The third-order valence-corrected chi connectivity index (χ3v) is 3.24. The molecule has 2 aromatic rings. The van der Waals surface area contributed by atoms with E-state index in [9.17, 15) is 18.0 Å². The summed E-state index contributed by atoms with van der Waals surface area (Å²) < 4.78 is 32.8. The van der Waals surface area contributed by atoms with Crippen molar-refractivity contribution in [2.75, 3.05) is 33.6 Å². The zero-order valence-corrected chi connectivity index (χ0v) is 16.4. The van der Waals surface area contributed by atoms with Gasteiger partial charge in [0.15, 0.2) is 0 Å². The highest BCUT2D eigenvalue weighted by Crippen LogP contribution is 2.21. The van der Waals surface area contributed by atoms with Crippen LogP contribution in [0, 0.1) is 0 Å². The van der Waals surface area contributed by atoms with Crippen LogP contribution in [0.5, 0.6) is 11.6 Å². The molecule has 0 radical (unpaired) electrons. The van der Waals surface area contributed by atoms with Crippen molar-refractivity contribution in [3.8, 4) is 11.6 Å². The molecule has 0 aliphatic rings. The van der Waals surface area contributed by atoms with Gasteiger partial charge in [-0.15, -0.1) is 0 Å². The average molecular weight is 409 g/mol. The summed E-state index contributed by atoms with van der Waals surface area (Å²) in [6, 6.07) is 5.33. The molecule has 150 valence electrons. The number of amides is 3. The summed E-state index contributed by atoms with van der Waals surface area (Å²) in [6.07, 6.45) is 3.20. The molecule has 11 nitrogen and oxygen atoms in total. The van der Waals surface area contributed by atoms with Gasteiger partial charge in [-0.1, -0.05) is 4.36 Å². The molecule has 2 aromatic heterocycles. The van der Waals surface area contributed by atoms with Crippen LogP contribution < -0.4 is 14.8 Å². The van der Waals surface area contributed by atoms with Gasteiger partial charge in [0.25, 0.3) is 5.91 Å². The van der Waals surface area contributed by atoms with E-state index in [0.29, 0.717) is 11.3 Å². The van der Waals surface area contributed by atoms with Crippen LogP contribution in [0.25, 0.3) is 0 Å². The smallest absolute Gasteiger partial charge is 0.361 e. The summed E-state index contributed by atoms with van der Waals surface area (Å²) in [5.74, 6) is 0.664. The molecule has 0 aromatic carbocycles. The van der Waals surface area contributed by atoms with Crippen LogP contribution in [0.2, 0.25) is 0 Å². The number of aromatic nitrogens is 2. The lowest BCUT2D eigenvalue weighted by molar-refractivity contribution is 0.0827. The minimum absolute atomic E-state index is 0.0156. The van der Waals surface area contributed by atoms with Crippen molar-refractivity contribution in [3.05, 3.63) is 42.2 Å². The number of ether oxygens (including phenoxy) is 2. The predicted octanol–water partition coefficient (Wildman–Crippen LogP) is 1.48. The van der Waals surface area contributed by atoms with Crippen LogP contribution in [0.3, 0.4) is 0 Å². The van der Waals surface area contributed by atoms with E-state index < -0.39 is 16.5 Å². The first-order valence-corrected chi connectivity index (χ1v) is 8.63. The second-order valence-corrected chi connectivity index (χ2v) is 5.73. The number of carbonyl (C=O) groups excluding carboxylic acids is 2. The number of hydrogen-bond donors (Lipinski definition) is 1. The van der Waals surface area contributed by atoms with E-state index in [1.807, 2.05) is 0 Å². The van der Waals surface area contributed by atoms with Crippen molar-refractivity contribution in [2.24, 2.45) is 4.36 Å². The van der Waals surface area contributed by atoms with Gasteiger partial charge in [0.1, 0.15) is 11.6 Å². The lowest BCUT2D eigenvalue weighted by atomic mass is 10.2. The summed E-state index contributed by atoms with van der Waals surface area (Å²) >= 11 is 0. The van der Waals surface area contributed by atoms with Gasteiger partial charge in [-0.05, 0) is 12.1 Å². The Kier molecular flexibility index (Phi) is 9.03. The second kappa shape index (κ2) is 11.2. The van der Waals surface area contributed by atoms with Gasteiger partial charge in [0.2, 0.25) is 5.88 Å². The van der Waals surface area contributed by atoms with Crippen molar-refractivity contribution in [1.29, 1.82) is 0 Å². The molecule has 3 amide bonds. The third kappa shape index (κ3) is 7.78. The number of anilines is 1. The van der Waals surface area contributed by atoms with Gasteiger partial charge in [-0.3, -0.25) is 15.1 Å². The van der Waals surface area contributed by atoms with Crippen molar-refractivity contribution >= 4 is 28.3 Å². The highest BCUT2D eigenvalue weighted by molar-refractivity contribution is 7.62. The summed E-state index contributed by atoms with van der Waals surface area (Å²) in [7, 11) is 3.45. The van der Waals surface area contributed by atoms with E-state index in [0.717, 1.165) is 0 Å². The molecule has 0 saturated heterocycles. The van der Waals surface area contributed by atoms with Gasteiger partial charge in [0, 0.05) is 38.6 Å². The van der Waals surface area contributed by atoms with E-state index in [2.05, 4.69) is 19.6 Å². The van der Waals surface area contributed by atoms with Crippen LogP contribution in [0.15, 0.2) is 41.0 Å². The normalized spacial score (nSPS) is 9.29. The SMILES string of the molecule is CN(C)C(=O)c1cccnc1.COc1cc(NC(=O)N=S(=O)=O)nc(OC)c1. The van der Waals surface area contributed by atoms with Gasteiger partial charge in [0.05, 0.1) is 19.8 Å². The van der Waals surface area contributed by atoms with Crippen molar-refractivity contribution in [3.63, 3.8) is 0 Å². The lowest BCUT2D eigenvalue weighted by Gasteiger charge is -2.08. The molecule has 1 N–H and O–H groups in total. The number of nitrogens with one attached hydrogen (secondary N) is 1. The van der Waals surface area contributed by atoms with Gasteiger partial charge in [-0.25, -0.2) is 4.79 Å². The summed E-state index contributed by atoms with van der Waals surface area (Å²) in [5, 5.41) is 2.15. The highest BCUT2D eigenvalue weighted by atomic mass is 32.2. The van der Waals surface area contributed by atoms with Crippen LogP contribution >= 0.6 is 0 Å². The van der Waals surface area contributed by atoms with Crippen molar-refractivity contribution < 1.29 is 27.5 Å². The Morgan fingerprint density at radius 1 is 1.18 bits per heavy atom. The molecular formula is C16H19N5O6S. The average Bonchev–Trinajstić information content (AvgIpc) is 2.67. The highest BCUT2D eigenvalue weighted by Gasteiger charge is 2.07. The largest absolute Gasteiger partial charge is 0.496 e. The fraction of sp³-hybridized carbons (Fsp3) is 0.250. The predicted molar refractivity (Wildman–Crippen MR) is 100.0 cm³/mol. The first-order chi connectivity index (χ1) is 13.3. The van der Waals surface area contributed by atoms with Crippen LogP contribution in [0.4, 0.5) is 10.6 Å². The van der Waals surface area contributed by atoms with Crippen LogP contribution in [0.1, 0.15) is 10.4 Å². The number of rotatable bonds is 4. The topological polar surface area (TPSA) is 140 Å². The Balaban J connectivity index is 0.000000307. The molecule has 2 rings (SSSR count). The molecule has 0 fully saturated rings. The molecule has 0 aliphatic carbocycles. The number of urea groups is 1. The Morgan fingerprint density at radius 2 is 1.89 bits per heavy atom. The Labute approximate surface area is 163 Å². The standard InChI is InChI=1S/C8H9N3O5S.C8H10N2O/c1-15-5-3-6(9-7(4-5)16-2)10-8(12)11-17(13)14;1-10(2)8(11)7-4-3-5-9-6-7/h3-4H,1-2H3,(H,9,10,12);3-6H,1-2H3. The van der Waals surface area contributed by atoms with E-state index >= 15 is 0 Å². The maximum Gasteiger partial charge on any atom is 0.361 e. The Hall–Kier alpha value is -3.54. The number of methoxy groups -OCH3 is 2. The number of pyridine rings is 2. The minimum Gasteiger partial charge on any atom is -0.496 e. The maximum absolute atomic E-state index is 11.2. The summed E-state index contributed by atoms with van der Waals surface area (Å²) in [4.78, 5) is 31.5. The number of carbonyl (C=O) groups is 2. The molecule has 28 heavy (non-hydrogen) atoms. The van der Waals surface area contributed by atoms with Gasteiger partial charge in [-0.2, -0.15) is 13.4 Å². The molecule has 0 atom stereocenters. The fourth-order valence-corrected chi connectivity index (χ4v) is 1.90. The first kappa shape index (κ1) is 22.5. The molecular weight excluding hydrogens is 390 g/mol. The van der Waals surface area contributed by atoms with E-state index in [1.165, 1.54) is 31.3 Å². The van der Waals surface area contributed by atoms with E-state index in [1.54, 1.807) is 38.6 Å². The lowest BCUT2D eigenvalue weighted by Crippen LogP contribution is -2.21. The Bertz CT molecular complexity index is 917. The first-order valence-electron chi connectivity index (χ1n) is 7.60. The minimum atomic E-state index is -2.81. The zero-order valence-electron chi connectivity index (χ0n) is 15.6. The molecule has 0 bridgehead atoms. The quantitative estimate of drug-likeness (QED) is 0.800. The monoisotopic (exact) mass is 409 g/mol. The summed E-state index contributed by atoms with van der Waals surface area (Å²) in [6.45, 7) is 0. The van der Waals surface area contributed by atoms with Crippen LogP contribution in [-0.4, -0.2) is 63.5 Å². The molecule has 0 unspecified atom stereocenters. The zero-order chi connectivity index (χ0) is 21.1. The Morgan fingerprint density at radius 3 is 2.39 bits per heavy atom. The molecule has 0 spiro atoms. The third-order valence-electron chi connectivity index (χ3n) is 2.93. The fourth-order valence-electron chi connectivity index (χ4n) is 1.72. The second-order valence-electron chi connectivity index (χ2n) is 5.11. The molecule has 12 heteroatoms. The van der Waals surface area contributed by atoms with E-state index in [-0.39, 0.29) is 17.6 Å². The molecule has 0 aliphatic heterocycles. The van der Waals surface area contributed by atoms with Crippen LogP contribution in [-0.2, 0) is 10.5 Å². The van der Waals surface area contributed by atoms with Gasteiger partial charge < -0.3 is 14.4 Å². The van der Waals surface area contributed by atoms with Crippen molar-refractivity contribution in [1.82, 2.24) is 14.9 Å².